The average molecular weight is 527 g/mol. The summed E-state index contributed by atoms with van der Waals surface area (Å²) in [5.41, 5.74) is 0.915. The van der Waals surface area contributed by atoms with E-state index in [2.05, 4.69) is 26.0 Å². The molecule has 162 valence electrons. The molecule has 0 aliphatic rings. The van der Waals surface area contributed by atoms with Gasteiger partial charge in [0, 0.05) is 21.5 Å². The van der Waals surface area contributed by atoms with Crippen molar-refractivity contribution in [1.82, 2.24) is 14.2 Å². The zero-order valence-corrected chi connectivity index (χ0v) is 19.5. The summed E-state index contributed by atoms with van der Waals surface area (Å²) in [5.74, 6) is 0.975. The van der Waals surface area contributed by atoms with Gasteiger partial charge < -0.3 is 9.47 Å². The normalized spacial score (nSPS) is 11.6. The molecule has 31 heavy (non-hydrogen) atoms. The number of methoxy groups -OCH3 is 2. The highest BCUT2D eigenvalue weighted by Gasteiger charge is 2.31. The number of fused-ring (bicyclic) bond motifs is 1. The zero-order valence-electron chi connectivity index (χ0n) is 16.3. The minimum atomic E-state index is -4.27. The number of thiazole rings is 1. The first-order valence-electron chi connectivity index (χ1n) is 8.83. The van der Waals surface area contributed by atoms with E-state index in [0.29, 0.717) is 43.8 Å². The highest BCUT2D eigenvalue weighted by molar-refractivity contribution is 9.10. The Labute approximate surface area is 190 Å². The molecule has 2 aromatic carbocycles. The Morgan fingerprint density at radius 1 is 1.19 bits per heavy atom. The molecule has 0 fully saturated rings. The van der Waals surface area contributed by atoms with Crippen molar-refractivity contribution in [3.63, 3.8) is 0 Å². The van der Waals surface area contributed by atoms with E-state index in [1.807, 2.05) is 0 Å². The molecule has 8 nitrogen and oxygen atoms in total. The van der Waals surface area contributed by atoms with Crippen LogP contribution in [0.3, 0.4) is 0 Å². The van der Waals surface area contributed by atoms with Gasteiger partial charge in [0.05, 0.1) is 38.7 Å². The van der Waals surface area contributed by atoms with Gasteiger partial charge in [-0.2, -0.15) is 17.9 Å². The molecule has 0 aliphatic carbocycles. The molecule has 0 aliphatic heterocycles. The Balaban J connectivity index is 1.85. The maximum absolute atomic E-state index is 13.8. The van der Waals surface area contributed by atoms with Crippen molar-refractivity contribution in [3.8, 4) is 11.5 Å². The molecule has 4 rings (SSSR count). The molecule has 12 heteroatoms. The molecule has 2 aromatic heterocycles. The molecule has 0 saturated heterocycles. The van der Waals surface area contributed by atoms with Crippen molar-refractivity contribution < 1.29 is 22.3 Å². The van der Waals surface area contributed by atoms with E-state index < -0.39 is 15.3 Å². The van der Waals surface area contributed by atoms with Crippen LogP contribution >= 0.6 is 27.3 Å². The second kappa shape index (κ2) is 8.44. The number of aromatic nitrogens is 3. The van der Waals surface area contributed by atoms with E-state index in [1.165, 1.54) is 20.4 Å². The highest BCUT2D eigenvalue weighted by Crippen LogP contribution is 2.32. The quantitative estimate of drug-likeness (QED) is 0.358. The van der Waals surface area contributed by atoms with Crippen LogP contribution in [0.5, 0.6) is 11.5 Å². The Morgan fingerprint density at radius 3 is 2.68 bits per heavy atom. The SMILES string of the molecule is COc1ccc(CN(c2ncc(F)s2)S(=O)(=O)n2ncc3c(Br)cccc32)c(OC)c1. The van der Waals surface area contributed by atoms with Crippen molar-refractivity contribution in [2.75, 3.05) is 18.5 Å². The predicted octanol–water partition coefficient (Wildman–Crippen LogP) is 4.21. The minimum absolute atomic E-state index is 0.0333. The van der Waals surface area contributed by atoms with Gasteiger partial charge in [-0.3, -0.25) is 0 Å². The maximum Gasteiger partial charge on any atom is 0.348 e. The van der Waals surface area contributed by atoms with E-state index in [4.69, 9.17) is 9.47 Å². The van der Waals surface area contributed by atoms with Gasteiger partial charge in [-0.1, -0.05) is 33.3 Å². The Hall–Kier alpha value is -2.70. The zero-order chi connectivity index (χ0) is 22.2. The summed E-state index contributed by atoms with van der Waals surface area (Å²) >= 11 is 4.02. The molecule has 2 heterocycles. The van der Waals surface area contributed by atoms with Gasteiger partial charge in [0.25, 0.3) is 0 Å². The molecule has 0 saturated carbocycles. The largest absolute Gasteiger partial charge is 0.497 e. The highest BCUT2D eigenvalue weighted by atomic mass is 79.9. The van der Waals surface area contributed by atoms with Gasteiger partial charge in [0.1, 0.15) is 11.5 Å². The number of rotatable bonds is 7. The van der Waals surface area contributed by atoms with E-state index in [9.17, 15) is 12.8 Å². The van der Waals surface area contributed by atoms with Gasteiger partial charge in [-0.25, -0.2) is 9.29 Å². The number of ether oxygens (including phenoxy) is 2. The fourth-order valence-corrected chi connectivity index (χ4v) is 5.73. The van der Waals surface area contributed by atoms with Crippen molar-refractivity contribution in [3.05, 3.63) is 64.0 Å². The number of halogens is 2. The first-order valence-corrected chi connectivity index (χ1v) is 11.8. The lowest BCUT2D eigenvalue weighted by Gasteiger charge is -2.23. The second-order valence-corrected chi connectivity index (χ2v) is 9.80. The van der Waals surface area contributed by atoms with Crippen molar-refractivity contribution in [1.29, 1.82) is 0 Å². The molecule has 0 N–H and O–H groups in total. The number of hydrogen-bond acceptors (Lipinski definition) is 7. The van der Waals surface area contributed by atoms with Crippen molar-refractivity contribution >= 4 is 53.5 Å². The third-order valence-corrected chi connectivity index (χ3v) is 7.71. The fraction of sp³-hybridized carbons (Fsp3) is 0.158. The summed E-state index contributed by atoms with van der Waals surface area (Å²) in [4.78, 5) is 3.95. The molecule has 0 spiro atoms. The summed E-state index contributed by atoms with van der Waals surface area (Å²) in [6.07, 6.45) is 2.43. The molecule has 4 aromatic rings. The number of benzene rings is 2. The third kappa shape index (κ3) is 3.98. The average Bonchev–Trinajstić information content (AvgIpc) is 3.39. The summed E-state index contributed by atoms with van der Waals surface area (Å²) in [7, 11) is -1.28. The van der Waals surface area contributed by atoms with Crippen LogP contribution in [0.4, 0.5) is 9.52 Å². The molecule has 0 bridgehead atoms. The van der Waals surface area contributed by atoms with Crippen LogP contribution in [0.15, 0.2) is 53.3 Å². The third-order valence-electron chi connectivity index (χ3n) is 4.51. The van der Waals surface area contributed by atoms with Crippen LogP contribution in [0.25, 0.3) is 10.9 Å². The first-order chi connectivity index (χ1) is 14.8. The fourth-order valence-electron chi connectivity index (χ4n) is 3.02. The van der Waals surface area contributed by atoms with Crippen LogP contribution in [-0.4, -0.2) is 36.8 Å². The van der Waals surface area contributed by atoms with Crippen LogP contribution in [-0.2, 0) is 16.8 Å². The van der Waals surface area contributed by atoms with Gasteiger partial charge in [-0.15, -0.1) is 4.09 Å². The van der Waals surface area contributed by atoms with Gasteiger partial charge in [-0.05, 0) is 24.3 Å². The molecular weight excluding hydrogens is 511 g/mol. The van der Waals surface area contributed by atoms with E-state index in [0.717, 1.165) is 14.6 Å². The lowest BCUT2D eigenvalue weighted by atomic mass is 10.2. The molecule has 0 amide bonds. The first kappa shape index (κ1) is 21.5. The number of nitrogens with zero attached hydrogens (tertiary/aromatic N) is 4. The van der Waals surface area contributed by atoms with Crippen LogP contribution < -0.4 is 13.8 Å². The van der Waals surface area contributed by atoms with E-state index in [-0.39, 0.29) is 11.7 Å². The summed E-state index contributed by atoms with van der Waals surface area (Å²) in [6, 6.07) is 10.1. The van der Waals surface area contributed by atoms with Crippen molar-refractivity contribution in [2.24, 2.45) is 0 Å². The van der Waals surface area contributed by atoms with Gasteiger partial charge in [0.15, 0.2) is 5.13 Å². The molecule has 0 radical (unpaired) electrons. The topological polar surface area (TPSA) is 86.6 Å². The van der Waals surface area contributed by atoms with E-state index in [1.54, 1.807) is 36.4 Å². The Kier molecular flexibility index (Phi) is 5.86. The van der Waals surface area contributed by atoms with Crippen LogP contribution in [0.1, 0.15) is 5.56 Å². The predicted molar refractivity (Wildman–Crippen MR) is 120 cm³/mol. The van der Waals surface area contributed by atoms with Gasteiger partial charge in [0.2, 0.25) is 5.13 Å². The number of hydrogen-bond donors (Lipinski definition) is 0. The van der Waals surface area contributed by atoms with Crippen molar-refractivity contribution in [2.45, 2.75) is 6.54 Å². The summed E-state index contributed by atoms with van der Waals surface area (Å²) in [6.45, 7) is -0.155. The van der Waals surface area contributed by atoms with Gasteiger partial charge >= 0.3 is 10.2 Å². The Morgan fingerprint density at radius 2 is 2.00 bits per heavy atom. The molecule has 0 unspecified atom stereocenters. The monoisotopic (exact) mass is 526 g/mol. The second-order valence-electron chi connectivity index (χ2n) is 6.30. The standard InChI is InChI=1S/C19H16BrFN4O4S2/c1-28-13-7-6-12(17(8-13)29-2)11-24(19-22-10-18(21)30-19)31(26,27)25-16-5-3-4-15(20)14(16)9-23-25/h3-10H,11H2,1-2H3. The summed E-state index contributed by atoms with van der Waals surface area (Å²) < 4.78 is 54.3. The minimum Gasteiger partial charge on any atom is -0.497 e. The number of anilines is 1. The van der Waals surface area contributed by atoms with Crippen LogP contribution in [0.2, 0.25) is 0 Å². The van der Waals surface area contributed by atoms with E-state index >= 15 is 0 Å². The Bertz CT molecular complexity index is 1360. The molecule has 0 atom stereocenters. The maximum atomic E-state index is 13.8. The molecular formula is C19H16BrFN4O4S2. The van der Waals surface area contributed by atoms with Crippen LogP contribution in [0, 0.1) is 5.13 Å². The lowest BCUT2D eigenvalue weighted by molar-refractivity contribution is 0.391. The summed E-state index contributed by atoms with van der Waals surface area (Å²) in [5, 5.41) is 4.07. The smallest absolute Gasteiger partial charge is 0.348 e. The lowest BCUT2D eigenvalue weighted by Crippen LogP contribution is -2.36.